The molecule has 2 aliphatic heterocycles. The van der Waals surface area contributed by atoms with Crippen molar-refractivity contribution in [2.24, 2.45) is 28.6 Å². The van der Waals surface area contributed by atoms with Crippen molar-refractivity contribution >= 4 is 35.3 Å². The zero-order chi connectivity index (χ0) is 33.0. The topological polar surface area (TPSA) is 166 Å². The van der Waals surface area contributed by atoms with Crippen molar-refractivity contribution in [3.05, 3.63) is 36.0 Å². The molecular formula is C34H42N2O10. The number of fused-ring (bicyclic) bond motifs is 7. The number of imide groups is 1. The number of nitrogens with one attached hydrogen (secondary N) is 1. The van der Waals surface area contributed by atoms with E-state index in [1.54, 1.807) is 12.2 Å². The Kier molecular flexibility index (Phi) is 8.43. The number of allylic oxidation sites excluding steroid dienone is 4. The lowest BCUT2D eigenvalue weighted by molar-refractivity contribution is -0.201. The zero-order valence-electron chi connectivity index (χ0n) is 26.5. The van der Waals surface area contributed by atoms with Gasteiger partial charge in [-0.3, -0.25) is 33.7 Å². The fourth-order valence-corrected chi connectivity index (χ4v) is 9.43. The number of rotatable bonds is 10. The van der Waals surface area contributed by atoms with E-state index >= 15 is 0 Å². The highest BCUT2D eigenvalue weighted by Crippen LogP contribution is 2.69. The first-order chi connectivity index (χ1) is 21.8. The standard InChI is InChI=1S/C34H42N2O10/c1-4-5-30-45-25-15-22-21-7-6-19-14-20(37)10-12-32(19,2)31(21)23(38)16-33(22,3)34(25,46-30)24(39)18-44-29(43)17-35-26(40)11-13-36-27(41)8-9-28(36)42/h8-10,12,14,21-23,25,30-31,38H,4-7,11,13,15-18H2,1-3H3,(H,35,40)/t21-,22-,23-,25+,30+,31+,32-,33-,34+/m0/s1. The van der Waals surface area contributed by atoms with Crippen molar-refractivity contribution in [3.63, 3.8) is 0 Å². The highest BCUT2D eigenvalue weighted by atomic mass is 16.7. The third-order valence-electron chi connectivity index (χ3n) is 11.5. The van der Waals surface area contributed by atoms with E-state index in [1.807, 2.05) is 19.9 Å². The van der Waals surface area contributed by atoms with Crippen molar-refractivity contribution in [1.82, 2.24) is 10.2 Å². The largest absolute Gasteiger partial charge is 0.456 e. The normalized spacial score (nSPS) is 39.0. The minimum absolute atomic E-state index is 0.0126. The maximum absolute atomic E-state index is 14.2. The molecule has 3 amide bonds. The van der Waals surface area contributed by atoms with Crippen LogP contribution in [0.5, 0.6) is 0 Å². The number of aliphatic hydroxyl groups excluding tert-OH is 1. The van der Waals surface area contributed by atoms with Crippen LogP contribution in [0.1, 0.15) is 65.7 Å². The molecule has 1 saturated heterocycles. The molecule has 0 bridgehead atoms. The minimum atomic E-state index is -1.43. The molecule has 2 N–H and O–H groups in total. The second-order valence-corrected chi connectivity index (χ2v) is 13.9. The average molecular weight is 639 g/mol. The molecule has 9 atom stereocenters. The first-order valence-electron chi connectivity index (χ1n) is 16.3. The Balaban J connectivity index is 1.14. The second-order valence-electron chi connectivity index (χ2n) is 13.9. The summed E-state index contributed by atoms with van der Waals surface area (Å²) in [6.07, 6.45) is 9.07. The summed E-state index contributed by atoms with van der Waals surface area (Å²) in [4.78, 5) is 75.5. The molecular weight excluding hydrogens is 596 g/mol. The van der Waals surface area contributed by atoms with E-state index in [-0.39, 0.29) is 42.9 Å². The molecule has 3 saturated carbocycles. The van der Waals surface area contributed by atoms with E-state index in [9.17, 15) is 33.9 Å². The fourth-order valence-electron chi connectivity index (χ4n) is 9.43. The first-order valence-corrected chi connectivity index (χ1v) is 16.3. The molecule has 12 heteroatoms. The van der Waals surface area contributed by atoms with Crippen molar-refractivity contribution in [3.8, 4) is 0 Å². The van der Waals surface area contributed by atoms with Gasteiger partial charge in [0.15, 0.2) is 24.3 Å². The van der Waals surface area contributed by atoms with Crippen molar-refractivity contribution in [2.45, 2.75) is 89.8 Å². The van der Waals surface area contributed by atoms with Crippen molar-refractivity contribution in [1.29, 1.82) is 0 Å². The molecule has 0 radical (unpaired) electrons. The van der Waals surface area contributed by atoms with E-state index in [0.29, 0.717) is 12.8 Å². The number of nitrogens with zero attached hydrogens (tertiary/aromatic N) is 1. The number of ketones is 2. The molecule has 0 aromatic heterocycles. The van der Waals surface area contributed by atoms with Crippen LogP contribution in [0, 0.1) is 28.6 Å². The number of esters is 1. The van der Waals surface area contributed by atoms with Crippen LogP contribution in [0.25, 0.3) is 0 Å². The third-order valence-corrected chi connectivity index (χ3v) is 11.5. The van der Waals surface area contributed by atoms with Crippen LogP contribution in [0.15, 0.2) is 36.0 Å². The van der Waals surface area contributed by atoms with Gasteiger partial charge >= 0.3 is 5.97 Å². The van der Waals surface area contributed by atoms with E-state index in [4.69, 9.17) is 14.2 Å². The molecule has 6 aliphatic rings. The van der Waals surface area contributed by atoms with Gasteiger partial charge in [-0.1, -0.05) is 38.8 Å². The lowest BCUT2D eigenvalue weighted by Crippen LogP contribution is -2.63. The number of hydrogen-bond donors (Lipinski definition) is 2. The summed E-state index contributed by atoms with van der Waals surface area (Å²) in [7, 11) is 0. The van der Waals surface area contributed by atoms with Crippen LogP contribution in [-0.2, 0) is 43.0 Å². The van der Waals surface area contributed by atoms with Gasteiger partial charge in [0, 0.05) is 41.9 Å². The van der Waals surface area contributed by atoms with Gasteiger partial charge in [0.25, 0.3) is 11.8 Å². The zero-order valence-corrected chi connectivity index (χ0v) is 26.5. The van der Waals surface area contributed by atoms with Crippen LogP contribution in [0.4, 0.5) is 0 Å². The Hall–Kier alpha value is -3.48. The Morgan fingerprint density at radius 2 is 1.87 bits per heavy atom. The van der Waals surface area contributed by atoms with E-state index in [2.05, 4.69) is 12.2 Å². The summed E-state index contributed by atoms with van der Waals surface area (Å²) in [6, 6.07) is 0. The molecule has 0 unspecified atom stereocenters. The minimum Gasteiger partial charge on any atom is -0.456 e. The highest BCUT2D eigenvalue weighted by Gasteiger charge is 2.75. The van der Waals surface area contributed by atoms with Gasteiger partial charge < -0.3 is 24.6 Å². The second kappa shape index (κ2) is 12.0. The third kappa shape index (κ3) is 5.09. The molecule has 2 heterocycles. The summed E-state index contributed by atoms with van der Waals surface area (Å²) >= 11 is 0. The van der Waals surface area contributed by atoms with Gasteiger partial charge in [0.2, 0.25) is 11.7 Å². The van der Waals surface area contributed by atoms with Gasteiger partial charge in [-0.25, -0.2) is 0 Å². The molecule has 248 valence electrons. The number of aliphatic hydroxyl groups is 1. The average Bonchev–Trinajstić information content (AvgIpc) is 3.62. The number of carbonyl (C=O) groups is 6. The highest BCUT2D eigenvalue weighted by molar-refractivity contribution is 6.13. The van der Waals surface area contributed by atoms with E-state index in [0.717, 1.165) is 41.9 Å². The lowest BCUT2D eigenvalue weighted by Gasteiger charge is -2.59. The van der Waals surface area contributed by atoms with Crippen molar-refractivity contribution in [2.75, 3.05) is 19.7 Å². The Bertz CT molecular complexity index is 1430. The molecule has 4 fully saturated rings. The fraction of sp³-hybridized carbons (Fsp3) is 0.647. The maximum Gasteiger partial charge on any atom is 0.325 e. The summed E-state index contributed by atoms with van der Waals surface area (Å²) in [5.41, 5.74) is -1.65. The molecule has 12 nitrogen and oxygen atoms in total. The van der Waals surface area contributed by atoms with Gasteiger partial charge in [-0.2, -0.15) is 0 Å². The summed E-state index contributed by atoms with van der Waals surface area (Å²) in [5.74, 6) is -2.94. The van der Waals surface area contributed by atoms with Crippen LogP contribution in [0.3, 0.4) is 0 Å². The van der Waals surface area contributed by atoms with E-state index in [1.165, 1.54) is 0 Å². The van der Waals surface area contributed by atoms with Crippen LogP contribution in [-0.4, -0.2) is 89.1 Å². The van der Waals surface area contributed by atoms with Crippen LogP contribution < -0.4 is 5.32 Å². The summed E-state index contributed by atoms with van der Waals surface area (Å²) in [5, 5.41) is 14.2. The van der Waals surface area contributed by atoms with Crippen LogP contribution in [0.2, 0.25) is 0 Å². The first kappa shape index (κ1) is 32.5. The van der Waals surface area contributed by atoms with Gasteiger partial charge in [0.1, 0.15) is 6.54 Å². The number of hydrogen-bond acceptors (Lipinski definition) is 10. The number of amides is 3. The summed E-state index contributed by atoms with van der Waals surface area (Å²) < 4.78 is 18.3. The molecule has 0 aromatic carbocycles. The number of Topliss-reactive ketones (excluding diaryl/α,β-unsaturated/α-hetero) is 1. The Morgan fingerprint density at radius 3 is 2.59 bits per heavy atom. The smallest absolute Gasteiger partial charge is 0.325 e. The van der Waals surface area contributed by atoms with Gasteiger partial charge in [0.05, 0.1) is 12.2 Å². The van der Waals surface area contributed by atoms with E-state index < -0.39 is 77.6 Å². The maximum atomic E-state index is 14.2. The quantitative estimate of drug-likeness (QED) is 0.266. The SMILES string of the molecule is CCC[C@@H]1O[C@@H]2C[C@H]3[C@@H]4CCC5=CC(=O)C=C[C@]5(C)[C@H]4[C@@H](O)C[C@]3(C)[C@]2(C(=O)COC(=O)CNC(=O)CCN2C(=O)C=CC2=O)O1. The molecule has 0 spiro atoms. The van der Waals surface area contributed by atoms with Crippen molar-refractivity contribution < 1.29 is 48.1 Å². The molecule has 0 aromatic rings. The monoisotopic (exact) mass is 638 g/mol. The number of ether oxygens (including phenoxy) is 3. The Morgan fingerprint density at radius 1 is 1.13 bits per heavy atom. The van der Waals surface area contributed by atoms with Crippen LogP contribution >= 0.6 is 0 Å². The summed E-state index contributed by atoms with van der Waals surface area (Å²) in [6.45, 7) is 4.88. The predicted molar refractivity (Wildman–Crippen MR) is 160 cm³/mol. The lowest BCUT2D eigenvalue weighted by atomic mass is 9.46. The molecule has 46 heavy (non-hydrogen) atoms. The predicted octanol–water partition coefficient (Wildman–Crippen LogP) is 1.70. The van der Waals surface area contributed by atoms with Gasteiger partial charge in [-0.15, -0.1) is 0 Å². The molecule has 6 rings (SSSR count). The molecule has 4 aliphatic carbocycles. The Labute approximate surface area is 267 Å². The number of carbonyl (C=O) groups excluding carboxylic acids is 6. The van der Waals surface area contributed by atoms with Gasteiger partial charge in [-0.05, 0) is 56.1 Å².